The Balaban J connectivity index is 3.13. The number of aromatic nitrogens is 3. The molecule has 1 aromatic heterocycles. The molecule has 0 aliphatic carbocycles. The Morgan fingerprint density at radius 3 is 2.06 bits per heavy atom. The van der Waals surface area contributed by atoms with E-state index < -0.39 is 0 Å². The first-order valence-electron chi connectivity index (χ1n) is 5.81. The lowest BCUT2D eigenvalue weighted by Gasteiger charge is -2.28. The van der Waals surface area contributed by atoms with Crippen molar-refractivity contribution in [3.8, 4) is 0 Å². The molecule has 1 aromatic rings. The monoisotopic (exact) mass is 241 g/mol. The number of rotatable bonds is 4. The molecule has 0 saturated carbocycles. The summed E-state index contributed by atoms with van der Waals surface area (Å²) < 4.78 is 7.39. The van der Waals surface area contributed by atoms with Crippen molar-refractivity contribution in [1.29, 1.82) is 0 Å². The Hall–Kier alpha value is -0.940. The molecule has 17 heavy (non-hydrogen) atoms. The molecule has 0 bridgehead atoms. The Morgan fingerprint density at radius 2 is 1.65 bits per heavy atom. The lowest BCUT2D eigenvalue weighted by Crippen LogP contribution is -2.32. The van der Waals surface area contributed by atoms with Crippen LogP contribution in [0, 0.1) is 0 Å². The second kappa shape index (κ2) is 4.74. The first kappa shape index (κ1) is 14.1. The zero-order valence-corrected chi connectivity index (χ0v) is 11.6. The summed E-state index contributed by atoms with van der Waals surface area (Å²) >= 11 is 0. The zero-order valence-electron chi connectivity index (χ0n) is 11.6. The maximum atomic E-state index is 9.30. The van der Waals surface area contributed by atoms with Gasteiger partial charge in [-0.1, -0.05) is 0 Å². The molecule has 0 amide bonds. The van der Waals surface area contributed by atoms with Gasteiger partial charge in [0.2, 0.25) is 0 Å². The van der Waals surface area contributed by atoms with Crippen molar-refractivity contribution in [3.05, 3.63) is 11.6 Å². The SMILES string of the molecule is COC(C)(C)Cc1nnc(CO)n1C(C)(C)C. The van der Waals surface area contributed by atoms with Crippen LogP contribution in [-0.4, -0.2) is 32.6 Å². The fourth-order valence-electron chi connectivity index (χ4n) is 1.80. The molecule has 0 fully saturated rings. The Morgan fingerprint density at radius 1 is 1.12 bits per heavy atom. The summed E-state index contributed by atoms with van der Waals surface area (Å²) in [6.45, 7) is 10.1. The van der Waals surface area contributed by atoms with Gasteiger partial charge in [0, 0.05) is 19.1 Å². The molecule has 0 saturated heterocycles. The van der Waals surface area contributed by atoms with Gasteiger partial charge in [-0.15, -0.1) is 10.2 Å². The van der Waals surface area contributed by atoms with Crippen molar-refractivity contribution in [2.45, 2.75) is 58.8 Å². The summed E-state index contributed by atoms with van der Waals surface area (Å²) in [4.78, 5) is 0. The molecule has 1 rings (SSSR count). The summed E-state index contributed by atoms with van der Waals surface area (Å²) in [5.74, 6) is 1.44. The minimum absolute atomic E-state index is 0.0995. The van der Waals surface area contributed by atoms with Crippen LogP contribution < -0.4 is 0 Å². The molecule has 0 aliphatic rings. The van der Waals surface area contributed by atoms with Crippen LogP contribution in [0.3, 0.4) is 0 Å². The highest BCUT2D eigenvalue weighted by atomic mass is 16.5. The lowest BCUT2D eigenvalue weighted by molar-refractivity contribution is 0.0200. The van der Waals surface area contributed by atoms with E-state index in [4.69, 9.17) is 4.74 Å². The van der Waals surface area contributed by atoms with E-state index in [0.29, 0.717) is 12.2 Å². The van der Waals surface area contributed by atoms with Crippen molar-refractivity contribution in [2.24, 2.45) is 0 Å². The third-order valence-corrected chi connectivity index (χ3v) is 2.75. The summed E-state index contributed by atoms with van der Waals surface area (Å²) in [6.07, 6.45) is 0.660. The number of nitrogens with zero attached hydrogens (tertiary/aromatic N) is 3. The molecule has 1 heterocycles. The van der Waals surface area contributed by atoms with Crippen LogP contribution in [0.15, 0.2) is 0 Å². The molecule has 0 atom stereocenters. The van der Waals surface area contributed by atoms with Gasteiger partial charge in [0.25, 0.3) is 0 Å². The minimum Gasteiger partial charge on any atom is -0.388 e. The first-order chi connectivity index (χ1) is 7.71. The van der Waals surface area contributed by atoms with Gasteiger partial charge < -0.3 is 14.4 Å². The van der Waals surface area contributed by atoms with Gasteiger partial charge >= 0.3 is 0 Å². The van der Waals surface area contributed by atoms with Crippen LogP contribution in [0.2, 0.25) is 0 Å². The molecule has 0 aromatic carbocycles. The third-order valence-electron chi connectivity index (χ3n) is 2.75. The smallest absolute Gasteiger partial charge is 0.159 e. The van der Waals surface area contributed by atoms with Crippen LogP contribution >= 0.6 is 0 Å². The van der Waals surface area contributed by atoms with E-state index >= 15 is 0 Å². The summed E-state index contributed by atoms with van der Waals surface area (Å²) in [6, 6.07) is 0. The van der Waals surface area contributed by atoms with E-state index in [-0.39, 0.29) is 17.7 Å². The Bertz CT molecular complexity index is 378. The number of aliphatic hydroxyl groups excluding tert-OH is 1. The van der Waals surface area contributed by atoms with Crippen molar-refractivity contribution in [3.63, 3.8) is 0 Å². The summed E-state index contributed by atoms with van der Waals surface area (Å²) in [7, 11) is 1.69. The normalized spacial score (nSPS) is 13.1. The Labute approximate surface area is 103 Å². The highest BCUT2D eigenvalue weighted by Crippen LogP contribution is 2.22. The molecule has 0 aliphatic heterocycles. The van der Waals surface area contributed by atoms with Gasteiger partial charge in [-0.3, -0.25) is 0 Å². The Kier molecular flexibility index (Phi) is 3.94. The zero-order chi connectivity index (χ0) is 13.3. The van der Waals surface area contributed by atoms with Crippen LogP contribution in [0.5, 0.6) is 0 Å². The van der Waals surface area contributed by atoms with Gasteiger partial charge in [0.15, 0.2) is 5.82 Å². The minimum atomic E-state index is -0.289. The molecular formula is C12H23N3O2. The molecule has 98 valence electrons. The molecule has 5 nitrogen and oxygen atoms in total. The van der Waals surface area contributed by atoms with Crippen LogP contribution in [0.4, 0.5) is 0 Å². The number of ether oxygens (including phenoxy) is 1. The number of aliphatic hydroxyl groups is 1. The number of methoxy groups -OCH3 is 1. The fourth-order valence-corrected chi connectivity index (χ4v) is 1.80. The standard InChI is InChI=1S/C12H23N3O2/c1-11(2,3)15-9(7-12(4,5)17-6)13-14-10(15)8-16/h16H,7-8H2,1-6H3. The van der Waals surface area contributed by atoms with Crippen LogP contribution in [-0.2, 0) is 23.3 Å². The quantitative estimate of drug-likeness (QED) is 0.867. The van der Waals surface area contributed by atoms with Crippen molar-refractivity contribution >= 4 is 0 Å². The van der Waals surface area contributed by atoms with E-state index in [1.165, 1.54) is 0 Å². The van der Waals surface area contributed by atoms with E-state index in [1.54, 1.807) is 7.11 Å². The van der Waals surface area contributed by atoms with Crippen LogP contribution in [0.25, 0.3) is 0 Å². The van der Waals surface area contributed by atoms with E-state index in [2.05, 4.69) is 31.0 Å². The van der Waals surface area contributed by atoms with Crippen molar-refractivity contribution in [2.75, 3.05) is 7.11 Å². The second-order valence-corrected chi connectivity index (χ2v) is 5.84. The van der Waals surface area contributed by atoms with E-state index in [1.807, 2.05) is 18.4 Å². The topological polar surface area (TPSA) is 60.2 Å². The maximum Gasteiger partial charge on any atom is 0.159 e. The van der Waals surface area contributed by atoms with Gasteiger partial charge in [0.05, 0.1) is 5.60 Å². The largest absolute Gasteiger partial charge is 0.388 e. The molecule has 1 N–H and O–H groups in total. The predicted molar refractivity (Wildman–Crippen MR) is 65.7 cm³/mol. The van der Waals surface area contributed by atoms with E-state index in [9.17, 15) is 5.11 Å². The van der Waals surface area contributed by atoms with Crippen molar-refractivity contribution < 1.29 is 9.84 Å². The van der Waals surface area contributed by atoms with Crippen LogP contribution in [0.1, 0.15) is 46.3 Å². The number of hydrogen-bond acceptors (Lipinski definition) is 4. The molecular weight excluding hydrogens is 218 g/mol. The highest BCUT2D eigenvalue weighted by Gasteiger charge is 2.27. The third kappa shape index (κ3) is 3.26. The average Bonchev–Trinajstić information content (AvgIpc) is 2.59. The summed E-state index contributed by atoms with van der Waals surface area (Å²) in [5, 5.41) is 17.5. The van der Waals surface area contributed by atoms with Gasteiger partial charge in [0.1, 0.15) is 12.4 Å². The molecule has 0 spiro atoms. The average molecular weight is 241 g/mol. The van der Waals surface area contributed by atoms with Gasteiger partial charge in [-0.05, 0) is 34.6 Å². The van der Waals surface area contributed by atoms with E-state index in [0.717, 1.165) is 5.82 Å². The maximum absolute atomic E-state index is 9.30. The molecule has 5 heteroatoms. The molecule has 0 radical (unpaired) electrons. The summed E-state index contributed by atoms with van der Waals surface area (Å²) in [5.41, 5.74) is -0.441. The number of hydrogen-bond donors (Lipinski definition) is 1. The van der Waals surface area contributed by atoms with Gasteiger partial charge in [-0.2, -0.15) is 0 Å². The van der Waals surface area contributed by atoms with Gasteiger partial charge in [-0.25, -0.2) is 0 Å². The fraction of sp³-hybridized carbons (Fsp3) is 0.833. The lowest BCUT2D eigenvalue weighted by atomic mass is 10.0. The first-order valence-corrected chi connectivity index (χ1v) is 5.81. The van der Waals surface area contributed by atoms with Crippen molar-refractivity contribution in [1.82, 2.24) is 14.8 Å². The highest BCUT2D eigenvalue weighted by molar-refractivity contribution is 5.03. The second-order valence-electron chi connectivity index (χ2n) is 5.84. The molecule has 0 unspecified atom stereocenters. The predicted octanol–water partition coefficient (Wildman–Crippen LogP) is 1.49.